The quantitative estimate of drug-likeness (QED) is 0.816. The van der Waals surface area contributed by atoms with Gasteiger partial charge in [-0.2, -0.15) is 0 Å². The summed E-state index contributed by atoms with van der Waals surface area (Å²) in [6, 6.07) is 8.67. The van der Waals surface area contributed by atoms with E-state index in [9.17, 15) is 8.78 Å². The SMILES string of the molecule is CNC1CC(c2ccc(SCC(F)F)cc2)C1(C)C. The number of hydrogen-bond acceptors (Lipinski definition) is 2. The molecule has 2 unspecified atom stereocenters. The van der Waals surface area contributed by atoms with Crippen LogP contribution in [0.15, 0.2) is 29.2 Å². The summed E-state index contributed by atoms with van der Waals surface area (Å²) in [5, 5.41) is 3.35. The van der Waals surface area contributed by atoms with Gasteiger partial charge in [-0.3, -0.25) is 0 Å². The Morgan fingerprint density at radius 2 is 1.95 bits per heavy atom. The molecule has 1 N–H and O–H groups in total. The van der Waals surface area contributed by atoms with Gasteiger partial charge in [0, 0.05) is 10.9 Å². The summed E-state index contributed by atoms with van der Waals surface area (Å²) >= 11 is 1.22. The van der Waals surface area contributed by atoms with Crippen molar-refractivity contribution in [2.24, 2.45) is 5.41 Å². The molecule has 1 aromatic rings. The standard InChI is InChI=1S/C15H21F2NS/c1-15(2)12(8-13(15)18-3)10-4-6-11(7-5-10)19-9-14(16)17/h4-7,12-14,18H,8-9H2,1-3H3. The Bertz CT molecular complexity index is 417. The molecule has 4 heteroatoms. The van der Waals surface area contributed by atoms with Crippen molar-refractivity contribution in [3.05, 3.63) is 29.8 Å². The molecule has 0 bridgehead atoms. The highest BCUT2D eigenvalue weighted by Crippen LogP contribution is 2.52. The molecule has 0 radical (unpaired) electrons. The van der Waals surface area contributed by atoms with Gasteiger partial charge < -0.3 is 5.32 Å². The largest absolute Gasteiger partial charge is 0.316 e. The van der Waals surface area contributed by atoms with Gasteiger partial charge in [0.25, 0.3) is 0 Å². The Kier molecular flexibility index (Phi) is 4.51. The molecule has 1 aliphatic carbocycles. The summed E-state index contributed by atoms with van der Waals surface area (Å²) in [5.41, 5.74) is 1.57. The Balaban J connectivity index is 2.00. The summed E-state index contributed by atoms with van der Waals surface area (Å²) in [7, 11) is 2.01. The third kappa shape index (κ3) is 3.11. The molecule has 106 valence electrons. The lowest BCUT2D eigenvalue weighted by Gasteiger charge is -2.52. The monoisotopic (exact) mass is 285 g/mol. The van der Waals surface area contributed by atoms with Gasteiger partial charge in [-0.1, -0.05) is 26.0 Å². The van der Waals surface area contributed by atoms with Crippen LogP contribution in [0.2, 0.25) is 0 Å². The third-order valence-corrected chi connectivity index (χ3v) is 5.30. The van der Waals surface area contributed by atoms with Crippen molar-refractivity contribution >= 4 is 11.8 Å². The molecular weight excluding hydrogens is 264 g/mol. The van der Waals surface area contributed by atoms with Crippen molar-refractivity contribution in [2.45, 2.75) is 43.5 Å². The van der Waals surface area contributed by atoms with E-state index in [1.54, 1.807) is 0 Å². The number of halogens is 2. The van der Waals surface area contributed by atoms with Crippen LogP contribution in [-0.2, 0) is 0 Å². The Morgan fingerprint density at radius 1 is 1.32 bits per heavy atom. The smallest absolute Gasteiger partial charge is 0.247 e. The van der Waals surface area contributed by atoms with E-state index in [1.807, 2.05) is 19.2 Å². The van der Waals surface area contributed by atoms with Gasteiger partial charge in [0.2, 0.25) is 6.43 Å². The zero-order chi connectivity index (χ0) is 14.0. The molecule has 1 aromatic carbocycles. The molecule has 2 atom stereocenters. The second-order valence-electron chi connectivity index (χ2n) is 5.72. The van der Waals surface area contributed by atoms with Crippen molar-refractivity contribution in [3.63, 3.8) is 0 Å². The van der Waals surface area contributed by atoms with Gasteiger partial charge in [-0.25, -0.2) is 8.78 Å². The fraction of sp³-hybridized carbons (Fsp3) is 0.600. The maximum absolute atomic E-state index is 12.1. The molecule has 0 saturated heterocycles. The van der Waals surface area contributed by atoms with E-state index in [1.165, 1.54) is 17.3 Å². The molecule has 0 amide bonds. The van der Waals surface area contributed by atoms with Gasteiger partial charge in [0.15, 0.2) is 0 Å². The fourth-order valence-electron chi connectivity index (χ4n) is 2.94. The van der Waals surface area contributed by atoms with Crippen molar-refractivity contribution in [3.8, 4) is 0 Å². The first kappa shape index (κ1) is 14.8. The van der Waals surface area contributed by atoms with E-state index in [2.05, 4.69) is 31.3 Å². The average molecular weight is 285 g/mol. The second-order valence-corrected chi connectivity index (χ2v) is 6.82. The van der Waals surface area contributed by atoms with E-state index in [0.717, 1.165) is 11.3 Å². The molecule has 0 spiro atoms. The minimum Gasteiger partial charge on any atom is -0.316 e. The van der Waals surface area contributed by atoms with Crippen molar-refractivity contribution < 1.29 is 8.78 Å². The highest BCUT2D eigenvalue weighted by Gasteiger charge is 2.47. The zero-order valence-electron chi connectivity index (χ0n) is 11.6. The van der Waals surface area contributed by atoms with Crippen LogP contribution in [0.1, 0.15) is 31.7 Å². The molecule has 2 rings (SSSR count). The first-order valence-electron chi connectivity index (χ1n) is 6.63. The summed E-state index contributed by atoms with van der Waals surface area (Å²) < 4.78 is 24.3. The van der Waals surface area contributed by atoms with Crippen LogP contribution in [-0.4, -0.2) is 25.3 Å². The predicted molar refractivity (Wildman–Crippen MR) is 77.2 cm³/mol. The molecule has 1 saturated carbocycles. The van der Waals surface area contributed by atoms with Gasteiger partial charge in [-0.05, 0) is 42.5 Å². The molecule has 0 aliphatic heterocycles. The topological polar surface area (TPSA) is 12.0 Å². The van der Waals surface area contributed by atoms with Crippen molar-refractivity contribution in [2.75, 3.05) is 12.8 Å². The first-order chi connectivity index (χ1) is 8.95. The molecule has 1 fully saturated rings. The third-order valence-electron chi connectivity index (χ3n) is 4.27. The lowest BCUT2D eigenvalue weighted by molar-refractivity contribution is 0.0751. The number of nitrogens with one attached hydrogen (secondary N) is 1. The first-order valence-corrected chi connectivity index (χ1v) is 7.62. The van der Waals surface area contributed by atoms with E-state index >= 15 is 0 Å². The highest BCUT2D eigenvalue weighted by atomic mass is 32.2. The van der Waals surface area contributed by atoms with Crippen LogP contribution in [0.4, 0.5) is 8.78 Å². The summed E-state index contributed by atoms with van der Waals surface area (Å²) in [6.07, 6.45) is -1.10. The van der Waals surface area contributed by atoms with Gasteiger partial charge in [0.05, 0.1) is 5.75 Å². The average Bonchev–Trinajstić information content (AvgIpc) is 2.37. The van der Waals surface area contributed by atoms with Crippen LogP contribution < -0.4 is 5.32 Å². The molecule has 1 aliphatic rings. The zero-order valence-corrected chi connectivity index (χ0v) is 12.4. The number of thioether (sulfide) groups is 1. The highest BCUT2D eigenvalue weighted by molar-refractivity contribution is 7.99. The number of hydrogen-bond donors (Lipinski definition) is 1. The summed E-state index contributed by atoms with van der Waals surface area (Å²) in [5.74, 6) is 0.426. The lowest BCUT2D eigenvalue weighted by Crippen LogP contribution is -2.54. The maximum atomic E-state index is 12.1. The molecule has 1 nitrogen and oxygen atoms in total. The molecule has 19 heavy (non-hydrogen) atoms. The van der Waals surface area contributed by atoms with Gasteiger partial charge in [-0.15, -0.1) is 11.8 Å². The van der Waals surface area contributed by atoms with Gasteiger partial charge in [0.1, 0.15) is 0 Å². The second kappa shape index (κ2) is 5.80. The lowest BCUT2D eigenvalue weighted by atomic mass is 9.56. The minimum absolute atomic E-state index is 0.129. The summed E-state index contributed by atoms with van der Waals surface area (Å²) in [6.45, 7) is 4.56. The van der Waals surface area contributed by atoms with E-state index in [0.29, 0.717) is 12.0 Å². The summed E-state index contributed by atoms with van der Waals surface area (Å²) in [4.78, 5) is 0.923. The van der Waals surface area contributed by atoms with E-state index < -0.39 is 6.43 Å². The van der Waals surface area contributed by atoms with Crippen LogP contribution >= 0.6 is 11.8 Å². The van der Waals surface area contributed by atoms with E-state index in [4.69, 9.17) is 0 Å². The Labute approximate surface area is 118 Å². The number of benzene rings is 1. The normalized spacial score (nSPS) is 25.4. The van der Waals surface area contributed by atoms with Gasteiger partial charge >= 0.3 is 0 Å². The maximum Gasteiger partial charge on any atom is 0.247 e. The van der Waals surface area contributed by atoms with E-state index in [-0.39, 0.29) is 11.2 Å². The van der Waals surface area contributed by atoms with Crippen LogP contribution in [0.3, 0.4) is 0 Å². The van der Waals surface area contributed by atoms with Crippen molar-refractivity contribution in [1.29, 1.82) is 0 Å². The fourth-order valence-corrected chi connectivity index (χ4v) is 3.58. The predicted octanol–water partition coefficient (Wildman–Crippen LogP) is 4.15. The Hall–Kier alpha value is -0.610. The van der Waals surface area contributed by atoms with Crippen molar-refractivity contribution in [1.82, 2.24) is 5.32 Å². The number of alkyl halides is 2. The molecular formula is C15H21F2NS. The Morgan fingerprint density at radius 3 is 2.42 bits per heavy atom. The number of rotatable bonds is 5. The molecule has 0 aromatic heterocycles. The molecule has 0 heterocycles. The minimum atomic E-state index is -2.24. The van der Waals surface area contributed by atoms with Crippen LogP contribution in [0, 0.1) is 5.41 Å². The van der Waals surface area contributed by atoms with Crippen LogP contribution in [0.5, 0.6) is 0 Å². The van der Waals surface area contributed by atoms with Crippen LogP contribution in [0.25, 0.3) is 0 Å².